The van der Waals surface area contributed by atoms with Crippen molar-refractivity contribution in [3.63, 3.8) is 0 Å². The Balaban J connectivity index is 1.62. The van der Waals surface area contributed by atoms with Crippen molar-refractivity contribution >= 4 is 46.5 Å². The van der Waals surface area contributed by atoms with E-state index in [4.69, 9.17) is 21.1 Å². The zero-order valence-corrected chi connectivity index (χ0v) is 20.0. The van der Waals surface area contributed by atoms with E-state index in [1.807, 2.05) is 44.2 Å². The number of nitrogens with zero attached hydrogens (tertiary/aromatic N) is 1. The number of carbonyl (C=O) groups excluding carboxylic acids is 3. The molecule has 9 heteroatoms. The molecule has 174 valence electrons. The highest BCUT2D eigenvalue weighted by atomic mass is 35.5. The van der Waals surface area contributed by atoms with Crippen molar-refractivity contribution in [2.45, 2.75) is 20.3 Å². The van der Waals surface area contributed by atoms with Crippen LogP contribution in [0, 0.1) is 0 Å². The van der Waals surface area contributed by atoms with Crippen molar-refractivity contribution in [2.75, 3.05) is 26.3 Å². The molecule has 2 aromatic rings. The first kappa shape index (κ1) is 24.7. The number of amides is 3. The molecule has 1 aliphatic rings. The first-order valence-corrected chi connectivity index (χ1v) is 11.8. The van der Waals surface area contributed by atoms with Crippen LogP contribution in [-0.4, -0.2) is 48.3 Å². The van der Waals surface area contributed by atoms with Gasteiger partial charge in [-0.15, -0.1) is 0 Å². The highest BCUT2D eigenvalue weighted by Crippen LogP contribution is 2.37. The molecule has 7 nitrogen and oxygen atoms in total. The monoisotopic (exact) mass is 488 g/mol. The quantitative estimate of drug-likeness (QED) is 0.474. The molecule has 1 heterocycles. The van der Waals surface area contributed by atoms with Crippen LogP contribution >= 0.6 is 23.4 Å². The standard InChI is InChI=1S/C24H25ClN2O5S/c1-3-12-32-21-18(25)14-17(15-19(21)31-4-2)22(28)26-10-11-27-23(29)20(33-24(27)30)13-16-8-6-5-7-9-16/h5-9,13-15H,3-4,10-12H2,1-2H3,(H,26,28). The smallest absolute Gasteiger partial charge is 0.293 e. The molecule has 0 atom stereocenters. The van der Waals surface area contributed by atoms with E-state index in [2.05, 4.69) is 5.32 Å². The first-order chi connectivity index (χ1) is 15.9. The van der Waals surface area contributed by atoms with Crippen molar-refractivity contribution in [3.8, 4) is 11.5 Å². The summed E-state index contributed by atoms with van der Waals surface area (Å²) in [6.45, 7) is 4.83. The Bertz CT molecular complexity index is 1060. The Morgan fingerprint density at radius 3 is 2.61 bits per heavy atom. The van der Waals surface area contributed by atoms with Crippen LogP contribution in [0.2, 0.25) is 5.02 Å². The number of benzene rings is 2. The molecule has 0 unspecified atom stereocenters. The van der Waals surface area contributed by atoms with E-state index in [0.29, 0.717) is 35.2 Å². The minimum atomic E-state index is -0.397. The Kier molecular flexibility index (Phi) is 8.79. The second-order valence-corrected chi connectivity index (χ2v) is 8.47. The van der Waals surface area contributed by atoms with Crippen molar-refractivity contribution in [2.24, 2.45) is 0 Å². The Labute approximate surface area is 202 Å². The highest BCUT2D eigenvalue weighted by molar-refractivity contribution is 8.18. The molecule has 0 radical (unpaired) electrons. The zero-order chi connectivity index (χ0) is 23.8. The molecule has 0 spiro atoms. The molecule has 0 saturated carbocycles. The van der Waals surface area contributed by atoms with Gasteiger partial charge in [-0.3, -0.25) is 19.3 Å². The fourth-order valence-corrected chi connectivity index (χ4v) is 4.21. The van der Waals surface area contributed by atoms with Crippen molar-refractivity contribution < 1.29 is 23.9 Å². The number of ether oxygens (including phenoxy) is 2. The summed E-state index contributed by atoms with van der Waals surface area (Å²) in [6.07, 6.45) is 2.49. The summed E-state index contributed by atoms with van der Waals surface area (Å²) in [7, 11) is 0. The van der Waals surface area contributed by atoms with E-state index >= 15 is 0 Å². The molecule has 0 bridgehead atoms. The van der Waals surface area contributed by atoms with Crippen LogP contribution in [0.1, 0.15) is 36.2 Å². The van der Waals surface area contributed by atoms with Gasteiger partial charge in [0.15, 0.2) is 11.5 Å². The molecular weight excluding hydrogens is 464 g/mol. The van der Waals surface area contributed by atoms with Crippen LogP contribution in [0.25, 0.3) is 6.08 Å². The number of rotatable bonds is 10. The lowest BCUT2D eigenvalue weighted by Crippen LogP contribution is -2.37. The molecule has 3 rings (SSSR count). The topological polar surface area (TPSA) is 84.9 Å². The third-order valence-electron chi connectivity index (χ3n) is 4.61. The summed E-state index contributed by atoms with van der Waals surface area (Å²) in [6, 6.07) is 12.4. The molecular formula is C24H25ClN2O5S. The zero-order valence-electron chi connectivity index (χ0n) is 18.4. The molecule has 0 aliphatic carbocycles. The van der Waals surface area contributed by atoms with E-state index in [0.717, 1.165) is 28.6 Å². The fourth-order valence-electron chi connectivity index (χ4n) is 3.08. The highest BCUT2D eigenvalue weighted by Gasteiger charge is 2.34. The lowest BCUT2D eigenvalue weighted by Gasteiger charge is -2.16. The van der Waals surface area contributed by atoms with Crippen LogP contribution in [0.4, 0.5) is 4.79 Å². The number of hydrogen-bond acceptors (Lipinski definition) is 6. The molecule has 0 aromatic heterocycles. The molecule has 1 saturated heterocycles. The minimum Gasteiger partial charge on any atom is -0.490 e. The second-order valence-electron chi connectivity index (χ2n) is 7.07. The number of imide groups is 1. The van der Waals surface area contributed by atoms with E-state index in [1.165, 1.54) is 6.07 Å². The third-order valence-corrected chi connectivity index (χ3v) is 5.80. The largest absolute Gasteiger partial charge is 0.490 e. The van der Waals surface area contributed by atoms with E-state index in [-0.39, 0.29) is 29.3 Å². The van der Waals surface area contributed by atoms with Gasteiger partial charge in [-0.1, -0.05) is 48.9 Å². The first-order valence-electron chi connectivity index (χ1n) is 10.6. The number of hydrogen-bond donors (Lipinski definition) is 1. The van der Waals surface area contributed by atoms with Gasteiger partial charge in [-0.2, -0.15) is 0 Å². The maximum Gasteiger partial charge on any atom is 0.293 e. The minimum absolute atomic E-state index is 0.0618. The summed E-state index contributed by atoms with van der Waals surface area (Å²) in [5.74, 6) is 0.0226. The van der Waals surface area contributed by atoms with Gasteiger partial charge in [0.2, 0.25) is 0 Å². The van der Waals surface area contributed by atoms with Gasteiger partial charge in [0.1, 0.15) is 0 Å². The normalized spacial score (nSPS) is 14.6. The molecule has 3 amide bonds. The second kappa shape index (κ2) is 11.8. The number of thioether (sulfide) groups is 1. The summed E-state index contributed by atoms with van der Waals surface area (Å²) in [5, 5.41) is 2.63. The van der Waals surface area contributed by atoms with Gasteiger partial charge >= 0.3 is 0 Å². The van der Waals surface area contributed by atoms with Crippen LogP contribution < -0.4 is 14.8 Å². The van der Waals surface area contributed by atoms with Gasteiger partial charge in [0.25, 0.3) is 17.1 Å². The summed E-state index contributed by atoms with van der Waals surface area (Å²) < 4.78 is 11.2. The van der Waals surface area contributed by atoms with Gasteiger partial charge in [0, 0.05) is 18.7 Å². The number of halogens is 1. The van der Waals surface area contributed by atoms with E-state index < -0.39 is 5.91 Å². The number of carbonyl (C=O) groups is 3. The third kappa shape index (κ3) is 6.30. The maximum absolute atomic E-state index is 12.6. The predicted octanol–water partition coefficient (Wildman–Crippen LogP) is 4.99. The van der Waals surface area contributed by atoms with Gasteiger partial charge in [-0.25, -0.2) is 0 Å². The Morgan fingerprint density at radius 1 is 1.15 bits per heavy atom. The summed E-state index contributed by atoms with van der Waals surface area (Å²) in [5.41, 5.74) is 1.13. The molecule has 1 N–H and O–H groups in total. The SMILES string of the molecule is CCCOc1c(Cl)cc(C(=O)NCCN2C(=O)SC(=Cc3ccccc3)C2=O)cc1OCC. The van der Waals surface area contributed by atoms with E-state index in [9.17, 15) is 14.4 Å². The van der Waals surface area contributed by atoms with Crippen molar-refractivity contribution in [1.82, 2.24) is 10.2 Å². The molecule has 1 aliphatic heterocycles. The average molecular weight is 489 g/mol. The van der Waals surface area contributed by atoms with E-state index in [1.54, 1.807) is 12.1 Å². The average Bonchev–Trinajstić information content (AvgIpc) is 3.06. The molecule has 33 heavy (non-hydrogen) atoms. The lowest BCUT2D eigenvalue weighted by molar-refractivity contribution is -0.122. The van der Waals surface area contributed by atoms with Gasteiger partial charge in [-0.05, 0) is 48.9 Å². The van der Waals surface area contributed by atoms with Crippen LogP contribution in [0.3, 0.4) is 0 Å². The van der Waals surface area contributed by atoms with Crippen LogP contribution in [-0.2, 0) is 4.79 Å². The van der Waals surface area contributed by atoms with Crippen LogP contribution in [0.15, 0.2) is 47.4 Å². The fraction of sp³-hybridized carbons (Fsp3) is 0.292. The van der Waals surface area contributed by atoms with Crippen LogP contribution in [0.5, 0.6) is 11.5 Å². The molecule has 2 aromatic carbocycles. The Hall–Kier alpha value is -2.97. The molecule has 1 fully saturated rings. The predicted molar refractivity (Wildman–Crippen MR) is 130 cm³/mol. The van der Waals surface area contributed by atoms with Crippen molar-refractivity contribution in [1.29, 1.82) is 0 Å². The van der Waals surface area contributed by atoms with Gasteiger partial charge < -0.3 is 14.8 Å². The Morgan fingerprint density at radius 2 is 1.91 bits per heavy atom. The van der Waals surface area contributed by atoms with Crippen molar-refractivity contribution in [3.05, 3.63) is 63.5 Å². The summed E-state index contributed by atoms with van der Waals surface area (Å²) >= 11 is 7.20. The maximum atomic E-state index is 12.6. The number of nitrogens with one attached hydrogen (secondary N) is 1. The van der Waals surface area contributed by atoms with Gasteiger partial charge in [0.05, 0.1) is 23.1 Å². The lowest BCUT2D eigenvalue weighted by atomic mass is 10.2. The summed E-state index contributed by atoms with van der Waals surface area (Å²) in [4.78, 5) is 39.0.